The molecule has 1 unspecified atom stereocenters. The standard InChI is InChI=1S/C29H34O16/c1-11(32)40-27-26(45-28-25(39)24(38)22(36)20(9-30)43-28)23(37)21(10-31)44-29(27)42-19-8-13(33)7-18-14(19)3-5-17(41-18)12-2-4-15(34)16(35)6-12/h2-8,17,20-31,33-39H,9-10H2,1H3/p+1/t17?,20-,21-,22-,23-,24+,25+,26+,27-,28+,29-/m1/s1. The summed E-state index contributed by atoms with van der Waals surface area (Å²) in [5, 5.41) is 91.4. The molecule has 3 heterocycles. The van der Waals surface area contributed by atoms with E-state index in [4.69, 9.17) is 23.7 Å². The third-order valence-electron chi connectivity index (χ3n) is 7.65. The van der Waals surface area contributed by atoms with Crippen LogP contribution in [-0.2, 0) is 23.7 Å². The van der Waals surface area contributed by atoms with E-state index in [9.17, 15) is 50.8 Å². The van der Waals surface area contributed by atoms with E-state index in [0.717, 1.165) is 6.92 Å². The highest BCUT2D eigenvalue weighted by molar-refractivity contribution is 5.68. The predicted octanol–water partition coefficient (Wildman–Crippen LogP) is -1.61. The summed E-state index contributed by atoms with van der Waals surface area (Å²) >= 11 is 0. The van der Waals surface area contributed by atoms with Gasteiger partial charge in [-0.3, -0.25) is 4.79 Å². The zero-order valence-corrected chi connectivity index (χ0v) is 23.7. The quantitative estimate of drug-likeness (QED) is 0.0894. The Balaban J connectivity index is 1.44. The van der Waals surface area contributed by atoms with Crippen molar-refractivity contribution < 1.29 is 79.2 Å². The molecule has 0 aliphatic carbocycles. The first kappa shape index (κ1) is 32.7. The van der Waals surface area contributed by atoms with Crippen LogP contribution in [-0.4, -0.2) is 131 Å². The van der Waals surface area contributed by atoms with Crippen LogP contribution in [0, 0.1) is 0 Å². The lowest BCUT2D eigenvalue weighted by Gasteiger charge is -2.46. The molecule has 2 aromatic carbocycles. The van der Waals surface area contributed by atoms with Crippen LogP contribution in [0.25, 0.3) is 6.08 Å². The molecule has 45 heavy (non-hydrogen) atoms. The first-order valence-corrected chi connectivity index (χ1v) is 13.9. The van der Waals surface area contributed by atoms with E-state index >= 15 is 0 Å². The predicted molar refractivity (Wildman–Crippen MR) is 148 cm³/mol. The molecule has 10 N–H and O–H groups in total. The van der Waals surface area contributed by atoms with E-state index in [2.05, 4.69) is 4.74 Å². The van der Waals surface area contributed by atoms with Gasteiger partial charge in [-0.25, -0.2) is 0 Å². The van der Waals surface area contributed by atoms with Gasteiger partial charge in [-0.1, -0.05) is 0 Å². The Morgan fingerprint density at radius 1 is 0.844 bits per heavy atom. The minimum atomic E-state index is -1.86. The average molecular weight is 640 g/mol. The van der Waals surface area contributed by atoms with Crippen molar-refractivity contribution in [3.63, 3.8) is 0 Å². The third kappa shape index (κ3) is 6.64. The minimum absolute atomic E-state index is 0.0150. The summed E-state index contributed by atoms with van der Waals surface area (Å²) < 4.78 is 32.9. The topological polar surface area (TPSA) is 258 Å². The minimum Gasteiger partial charge on any atom is -0.574 e. The van der Waals surface area contributed by atoms with Gasteiger partial charge in [0.2, 0.25) is 12.4 Å². The monoisotopic (exact) mass is 639 g/mol. The molecule has 0 saturated carbocycles. The number of carbonyl (C=O) groups excluding carboxylic acids is 1. The van der Waals surface area contributed by atoms with Crippen LogP contribution in [0.15, 0.2) is 36.4 Å². The van der Waals surface area contributed by atoms with Gasteiger partial charge in [0.25, 0.3) is 5.75 Å². The second kappa shape index (κ2) is 13.3. The van der Waals surface area contributed by atoms with Gasteiger partial charge in [0.05, 0.1) is 24.8 Å². The number of carbonyl (C=O) groups is 1. The molecule has 246 valence electrons. The lowest BCUT2D eigenvalue weighted by atomic mass is 9.96. The van der Waals surface area contributed by atoms with Crippen LogP contribution in [0.3, 0.4) is 0 Å². The first-order chi connectivity index (χ1) is 21.4. The lowest BCUT2D eigenvalue weighted by Crippen LogP contribution is -2.65. The van der Waals surface area contributed by atoms with Crippen molar-refractivity contribution in [1.82, 2.24) is 0 Å². The number of phenols is 3. The largest absolute Gasteiger partial charge is 0.574 e. The summed E-state index contributed by atoms with van der Waals surface area (Å²) in [4.78, 5) is 12.2. The molecule has 2 fully saturated rings. The molecule has 5 rings (SSSR count). The van der Waals surface area contributed by atoms with Crippen LogP contribution < -0.4 is 4.74 Å². The molecule has 0 spiro atoms. The van der Waals surface area contributed by atoms with Gasteiger partial charge in [0, 0.05) is 19.1 Å². The van der Waals surface area contributed by atoms with Crippen LogP contribution >= 0.6 is 0 Å². The van der Waals surface area contributed by atoms with Crippen molar-refractivity contribution in [2.24, 2.45) is 0 Å². The molecule has 16 nitrogen and oxygen atoms in total. The molecule has 0 amide bonds. The third-order valence-corrected chi connectivity index (χ3v) is 7.65. The maximum atomic E-state index is 12.2. The highest BCUT2D eigenvalue weighted by Gasteiger charge is 2.53. The molecule has 16 heteroatoms. The number of aliphatic hydroxyl groups is 7. The first-order valence-electron chi connectivity index (χ1n) is 13.9. The molecule has 0 aromatic heterocycles. The zero-order valence-electron chi connectivity index (χ0n) is 23.7. The molecule has 2 saturated heterocycles. The van der Waals surface area contributed by atoms with Crippen molar-refractivity contribution in [3.05, 3.63) is 47.5 Å². The Morgan fingerprint density at radius 2 is 1.53 bits per heavy atom. The van der Waals surface area contributed by atoms with Crippen LogP contribution in [0.2, 0.25) is 0 Å². The molecule has 0 radical (unpaired) electrons. The second-order valence-electron chi connectivity index (χ2n) is 10.8. The number of aliphatic hydroxyl groups excluding tert-OH is 6. The second-order valence-corrected chi connectivity index (χ2v) is 10.8. The zero-order chi connectivity index (χ0) is 32.6. The normalized spacial score (nSPS) is 34.4. The molecular weight excluding hydrogens is 604 g/mol. The number of fused-ring (bicyclic) bond motifs is 1. The summed E-state index contributed by atoms with van der Waals surface area (Å²) in [5.74, 6) is -1.53. The maximum Gasteiger partial charge on any atom is 0.303 e. The van der Waals surface area contributed by atoms with E-state index in [-0.39, 0.29) is 28.7 Å². The summed E-state index contributed by atoms with van der Waals surface area (Å²) in [5.41, 5.74) is 0.895. The number of ether oxygens (including phenoxy) is 6. The van der Waals surface area contributed by atoms with Crippen LogP contribution in [0.1, 0.15) is 24.2 Å². The highest BCUT2D eigenvalue weighted by Crippen LogP contribution is 2.44. The SMILES string of the molecule is CC(=O)O[C@H]1[C@H](Oc2cc(O)cc3c2C=CC(c2ccc(O)c(O)c2)[OH+]3)O[C@H](CO)[C@@H](O)[C@@H]1O[C@@H]1O[C@H](CO)[C@@H](O)[C@H](O)[C@@H]1O. The Hall–Kier alpha value is -3.71. The average Bonchev–Trinajstić information content (AvgIpc) is 3.00. The molecular formula is C29H35O16+. The Bertz CT molecular complexity index is 1400. The Kier molecular flexibility index (Phi) is 9.68. The number of hydrogen-bond acceptors (Lipinski definition) is 15. The van der Waals surface area contributed by atoms with E-state index < -0.39 is 86.7 Å². The van der Waals surface area contributed by atoms with Crippen molar-refractivity contribution in [1.29, 1.82) is 0 Å². The van der Waals surface area contributed by atoms with Gasteiger partial charge in [0.15, 0.2) is 23.9 Å². The smallest absolute Gasteiger partial charge is 0.303 e. The van der Waals surface area contributed by atoms with Gasteiger partial charge in [-0.2, -0.15) is 0 Å². The van der Waals surface area contributed by atoms with Crippen molar-refractivity contribution in [2.45, 2.75) is 74.4 Å². The Labute approximate surface area is 255 Å². The fourth-order valence-corrected chi connectivity index (χ4v) is 5.33. The van der Waals surface area contributed by atoms with Crippen LogP contribution in [0.4, 0.5) is 0 Å². The van der Waals surface area contributed by atoms with Crippen molar-refractivity contribution in [3.8, 4) is 28.7 Å². The lowest BCUT2D eigenvalue weighted by molar-refractivity contribution is -0.353. The van der Waals surface area contributed by atoms with E-state index in [1.54, 1.807) is 18.2 Å². The van der Waals surface area contributed by atoms with Gasteiger partial charge < -0.3 is 74.4 Å². The van der Waals surface area contributed by atoms with Gasteiger partial charge in [-0.15, -0.1) is 0 Å². The van der Waals surface area contributed by atoms with Crippen molar-refractivity contribution in [2.75, 3.05) is 13.2 Å². The van der Waals surface area contributed by atoms with E-state index in [1.807, 2.05) is 0 Å². The summed E-state index contributed by atoms with van der Waals surface area (Å²) in [7, 11) is 0. The number of rotatable bonds is 8. The van der Waals surface area contributed by atoms with Gasteiger partial charge in [0.1, 0.15) is 59.8 Å². The van der Waals surface area contributed by atoms with E-state index in [0.29, 0.717) is 11.1 Å². The van der Waals surface area contributed by atoms with E-state index in [1.165, 1.54) is 24.3 Å². The fraction of sp³-hybridized carbons (Fsp3) is 0.483. The molecule has 0 bridgehead atoms. The number of benzene rings is 2. The summed E-state index contributed by atoms with van der Waals surface area (Å²) in [6.45, 7) is -0.460. The van der Waals surface area contributed by atoms with Gasteiger partial charge >= 0.3 is 5.97 Å². The molecule has 11 atom stereocenters. The molecule has 3 aliphatic heterocycles. The Morgan fingerprint density at radius 3 is 2.20 bits per heavy atom. The highest BCUT2D eigenvalue weighted by atomic mass is 16.7. The van der Waals surface area contributed by atoms with Gasteiger partial charge in [-0.05, 0) is 24.3 Å². The number of phenolic OH excluding ortho intramolecular Hbond substituents is 3. The molecule has 2 aromatic rings. The maximum absolute atomic E-state index is 12.2. The number of hydrogen-bond donors (Lipinski definition) is 9. The summed E-state index contributed by atoms with van der Waals surface area (Å²) in [6.07, 6.45) is -13.7. The number of esters is 1. The fourth-order valence-electron chi connectivity index (χ4n) is 5.33. The number of aromatic hydroxyl groups is 4. The summed E-state index contributed by atoms with van der Waals surface area (Å²) in [6, 6.07) is 6.80. The van der Waals surface area contributed by atoms with Crippen molar-refractivity contribution >= 4 is 12.0 Å². The molecule has 3 aliphatic rings. The van der Waals surface area contributed by atoms with Crippen LogP contribution in [0.5, 0.6) is 28.7 Å².